The molecule has 0 heterocycles. The van der Waals surface area contributed by atoms with Gasteiger partial charge in [-0.3, -0.25) is 0 Å². The van der Waals surface area contributed by atoms with Crippen molar-refractivity contribution in [3.63, 3.8) is 0 Å². The van der Waals surface area contributed by atoms with Crippen LogP contribution in [0.2, 0.25) is 0 Å². The van der Waals surface area contributed by atoms with E-state index in [1.807, 2.05) is 13.0 Å². The molecule has 0 radical (unpaired) electrons. The van der Waals surface area contributed by atoms with Crippen LogP contribution in [0.25, 0.3) is 11.1 Å². The van der Waals surface area contributed by atoms with Crippen LogP contribution in [-0.4, -0.2) is 6.04 Å². The van der Waals surface area contributed by atoms with Crippen molar-refractivity contribution in [1.82, 2.24) is 0 Å². The van der Waals surface area contributed by atoms with Crippen molar-refractivity contribution in [1.29, 1.82) is 0 Å². The number of benzene rings is 2. The van der Waals surface area contributed by atoms with Gasteiger partial charge in [0.2, 0.25) is 0 Å². The summed E-state index contributed by atoms with van der Waals surface area (Å²) in [6.07, 6.45) is 0.922. The topological polar surface area (TPSA) is 26.0 Å². The smallest absolute Gasteiger partial charge is 0.00511 e. The highest BCUT2D eigenvalue weighted by Gasteiger charge is 2.05. The third-order valence-electron chi connectivity index (χ3n) is 2.64. The molecule has 0 saturated heterocycles. The zero-order valence-electron chi connectivity index (χ0n) is 9.56. The van der Waals surface area contributed by atoms with Crippen LogP contribution in [0.1, 0.15) is 12.5 Å². The van der Waals surface area contributed by atoms with Crippen molar-refractivity contribution >= 4 is 0 Å². The third-order valence-corrected chi connectivity index (χ3v) is 2.64. The monoisotopic (exact) mass is 211 g/mol. The highest BCUT2D eigenvalue weighted by molar-refractivity contribution is 5.67. The van der Waals surface area contributed by atoms with Crippen LogP contribution in [0.4, 0.5) is 0 Å². The van der Waals surface area contributed by atoms with E-state index in [2.05, 4.69) is 48.5 Å². The van der Waals surface area contributed by atoms with Gasteiger partial charge in [-0.1, -0.05) is 54.6 Å². The maximum absolute atomic E-state index is 5.87. The summed E-state index contributed by atoms with van der Waals surface area (Å²) < 4.78 is 0. The van der Waals surface area contributed by atoms with Crippen LogP contribution in [0.5, 0.6) is 0 Å². The normalized spacial score (nSPS) is 12.4. The molecule has 0 aliphatic rings. The SMILES string of the molecule is CC(N)Cc1ccccc1-c1ccccc1. The Balaban J connectivity index is 2.41. The zero-order valence-corrected chi connectivity index (χ0v) is 9.56. The molecule has 0 bridgehead atoms. The molecule has 1 nitrogen and oxygen atoms in total. The fourth-order valence-corrected chi connectivity index (χ4v) is 1.94. The lowest BCUT2D eigenvalue weighted by Crippen LogP contribution is -2.18. The van der Waals surface area contributed by atoms with Crippen molar-refractivity contribution in [3.8, 4) is 11.1 Å². The average molecular weight is 211 g/mol. The van der Waals surface area contributed by atoms with E-state index >= 15 is 0 Å². The van der Waals surface area contributed by atoms with Crippen molar-refractivity contribution in [2.45, 2.75) is 19.4 Å². The lowest BCUT2D eigenvalue weighted by molar-refractivity contribution is 0.739. The molecule has 2 aromatic carbocycles. The van der Waals surface area contributed by atoms with Crippen LogP contribution in [0, 0.1) is 0 Å². The molecule has 1 unspecified atom stereocenters. The Morgan fingerprint density at radius 3 is 2.25 bits per heavy atom. The average Bonchev–Trinajstić information content (AvgIpc) is 2.30. The van der Waals surface area contributed by atoms with E-state index in [4.69, 9.17) is 5.73 Å². The van der Waals surface area contributed by atoms with Gasteiger partial charge in [0.1, 0.15) is 0 Å². The molecule has 2 aromatic rings. The van der Waals surface area contributed by atoms with Crippen LogP contribution in [0.15, 0.2) is 54.6 Å². The molecule has 1 atom stereocenters. The Morgan fingerprint density at radius 2 is 1.56 bits per heavy atom. The van der Waals surface area contributed by atoms with Gasteiger partial charge in [0.05, 0.1) is 0 Å². The third kappa shape index (κ3) is 2.50. The minimum absolute atomic E-state index is 0.199. The molecule has 0 fully saturated rings. The standard InChI is InChI=1S/C15H17N/c1-12(16)11-14-9-5-6-10-15(14)13-7-3-2-4-8-13/h2-10,12H,11,16H2,1H3. The van der Waals surface area contributed by atoms with Gasteiger partial charge in [0.15, 0.2) is 0 Å². The van der Waals surface area contributed by atoms with Gasteiger partial charge in [-0.15, -0.1) is 0 Å². The minimum Gasteiger partial charge on any atom is -0.328 e. The van der Waals surface area contributed by atoms with Crippen LogP contribution in [0.3, 0.4) is 0 Å². The molecule has 0 aliphatic heterocycles. The molecule has 16 heavy (non-hydrogen) atoms. The first kappa shape index (κ1) is 10.9. The van der Waals surface area contributed by atoms with Crippen LogP contribution >= 0.6 is 0 Å². The summed E-state index contributed by atoms with van der Waals surface area (Å²) >= 11 is 0. The number of nitrogens with two attached hydrogens (primary N) is 1. The van der Waals surface area contributed by atoms with Crippen LogP contribution < -0.4 is 5.73 Å². The van der Waals surface area contributed by atoms with E-state index in [0.29, 0.717) is 0 Å². The Kier molecular flexibility index (Phi) is 3.37. The van der Waals surface area contributed by atoms with E-state index in [0.717, 1.165) is 6.42 Å². The van der Waals surface area contributed by atoms with Crippen molar-refractivity contribution < 1.29 is 0 Å². The maximum atomic E-state index is 5.87. The summed E-state index contributed by atoms with van der Waals surface area (Å²) in [6, 6.07) is 19.1. The molecule has 82 valence electrons. The molecule has 1 heteroatoms. The van der Waals surface area contributed by atoms with Gasteiger partial charge >= 0.3 is 0 Å². The number of hydrogen-bond donors (Lipinski definition) is 1. The van der Waals surface area contributed by atoms with Gasteiger partial charge < -0.3 is 5.73 Å². The molecule has 0 aromatic heterocycles. The Morgan fingerprint density at radius 1 is 0.938 bits per heavy atom. The maximum Gasteiger partial charge on any atom is 0.00511 e. The van der Waals surface area contributed by atoms with E-state index in [9.17, 15) is 0 Å². The van der Waals surface area contributed by atoms with E-state index in [1.54, 1.807) is 0 Å². The largest absolute Gasteiger partial charge is 0.328 e. The molecule has 0 spiro atoms. The lowest BCUT2D eigenvalue weighted by Gasteiger charge is -2.11. The predicted octanol–water partition coefficient (Wildman–Crippen LogP) is 3.24. The summed E-state index contributed by atoms with van der Waals surface area (Å²) in [4.78, 5) is 0. The Labute approximate surface area is 96.9 Å². The van der Waals surface area contributed by atoms with Gasteiger partial charge in [0, 0.05) is 6.04 Å². The van der Waals surface area contributed by atoms with Crippen molar-refractivity contribution in [3.05, 3.63) is 60.2 Å². The molecule has 2 N–H and O–H groups in total. The molecular weight excluding hydrogens is 194 g/mol. The number of rotatable bonds is 3. The fourth-order valence-electron chi connectivity index (χ4n) is 1.94. The molecule has 0 saturated carbocycles. The Hall–Kier alpha value is -1.60. The predicted molar refractivity (Wildman–Crippen MR) is 69.2 cm³/mol. The second-order valence-electron chi connectivity index (χ2n) is 4.20. The minimum atomic E-state index is 0.199. The second-order valence-corrected chi connectivity index (χ2v) is 4.20. The summed E-state index contributed by atoms with van der Waals surface area (Å²) in [6.45, 7) is 2.04. The summed E-state index contributed by atoms with van der Waals surface area (Å²) in [5, 5.41) is 0. The van der Waals surface area contributed by atoms with Crippen molar-refractivity contribution in [2.75, 3.05) is 0 Å². The second kappa shape index (κ2) is 4.95. The molecule has 2 rings (SSSR count). The van der Waals surface area contributed by atoms with Crippen molar-refractivity contribution in [2.24, 2.45) is 5.73 Å². The molecule has 0 aliphatic carbocycles. The summed E-state index contributed by atoms with van der Waals surface area (Å²) in [5.74, 6) is 0. The summed E-state index contributed by atoms with van der Waals surface area (Å²) in [5.41, 5.74) is 9.75. The fraction of sp³-hybridized carbons (Fsp3) is 0.200. The first-order chi connectivity index (χ1) is 7.77. The van der Waals surface area contributed by atoms with E-state index in [-0.39, 0.29) is 6.04 Å². The highest BCUT2D eigenvalue weighted by atomic mass is 14.6. The quantitative estimate of drug-likeness (QED) is 0.828. The van der Waals surface area contributed by atoms with E-state index < -0.39 is 0 Å². The van der Waals surface area contributed by atoms with Crippen LogP contribution in [-0.2, 0) is 6.42 Å². The number of hydrogen-bond acceptors (Lipinski definition) is 1. The van der Waals surface area contributed by atoms with Gasteiger partial charge in [-0.25, -0.2) is 0 Å². The first-order valence-corrected chi connectivity index (χ1v) is 5.66. The molecular formula is C15H17N. The Bertz CT molecular complexity index is 446. The highest BCUT2D eigenvalue weighted by Crippen LogP contribution is 2.23. The first-order valence-electron chi connectivity index (χ1n) is 5.66. The van der Waals surface area contributed by atoms with Gasteiger partial charge in [-0.05, 0) is 30.0 Å². The van der Waals surface area contributed by atoms with Gasteiger partial charge in [0.25, 0.3) is 0 Å². The molecule has 0 amide bonds. The lowest BCUT2D eigenvalue weighted by atomic mass is 9.96. The zero-order chi connectivity index (χ0) is 11.4. The summed E-state index contributed by atoms with van der Waals surface area (Å²) in [7, 11) is 0. The van der Waals surface area contributed by atoms with Gasteiger partial charge in [-0.2, -0.15) is 0 Å². The van der Waals surface area contributed by atoms with E-state index in [1.165, 1.54) is 16.7 Å².